The van der Waals surface area contributed by atoms with Gasteiger partial charge in [-0.05, 0) is 101 Å². The van der Waals surface area contributed by atoms with Crippen molar-refractivity contribution in [3.05, 3.63) is 0 Å². The molecule has 0 heterocycles. The van der Waals surface area contributed by atoms with Crippen LogP contribution >= 0.6 is 0 Å². The standard InChI is InChI=1S/C23H37N2O4/c1-4-29-20(26)19(25-24)23(28)12-9-18-17-6-5-14-13-21(2,27)10-7-15(14)16(17)8-11-22(18,23)3/h14-18,24,27-28H,4-13H2,1-3H3/q+1/t14-,15+,16-,17-,18+,21-,22+,23?/m1/s1. The van der Waals surface area contributed by atoms with E-state index in [4.69, 9.17) is 10.3 Å². The van der Waals surface area contributed by atoms with Crippen LogP contribution in [0.15, 0.2) is 0 Å². The summed E-state index contributed by atoms with van der Waals surface area (Å²) in [5.41, 5.74) is 5.17. The van der Waals surface area contributed by atoms with E-state index < -0.39 is 22.6 Å². The van der Waals surface area contributed by atoms with E-state index in [1.807, 2.05) is 6.92 Å². The Balaban J connectivity index is 1.59. The van der Waals surface area contributed by atoms with E-state index in [1.165, 1.54) is 0 Å². The van der Waals surface area contributed by atoms with Gasteiger partial charge in [0.05, 0.1) is 22.5 Å². The van der Waals surface area contributed by atoms with E-state index in [2.05, 4.69) is 11.7 Å². The van der Waals surface area contributed by atoms with Crippen LogP contribution in [0, 0.1) is 40.5 Å². The second kappa shape index (κ2) is 7.18. The van der Waals surface area contributed by atoms with E-state index in [0.717, 1.165) is 51.4 Å². The zero-order valence-corrected chi connectivity index (χ0v) is 18.1. The number of nitrogens with one attached hydrogen (secondary N) is 1. The minimum atomic E-state index is -1.37. The molecule has 29 heavy (non-hydrogen) atoms. The van der Waals surface area contributed by atoms with Crippen molar-refractivity contribution in [2.75, 3.05) is 6.61 Å². The van der Waals surface area contributed by atoms with Crippen LogP contribution < -0.4 is 0 Å². The van der Waals surface area contributed by atoms with E-state index in [1.54, 1.807) is 6.92 Å². The molecular weight excluding hydrogens is 368 g/mol. The normalized spacial score (nSPS) is 48.7. The van der Waals surface area contributed by atoms with Crippen molar-refractivity contribution in [3.8, 4) is 0 Å². The summed E-state index contributed by atoms with van der Waals surface area (Å²) in [6.07, 6.45) is 8.49. The molecule has 4 fully saturated rings. The molecule has 0 radical (unpaired) electrons. The summed E-state index contributed by atoms with van der Waals surface area (Å²) in [6, 6.07) is 0. The van der Waals surface area contributed by atoms with Crippen molar-refractivity contribution in [1.29, 1.82) is 5.53 Å². The maximum absolute atomic E-state index is 12.5. The Hall–Kier alpha value is -1.23. The monoisotopic (exact) mass is 405 g/mol. The summed E-state index contributed by atoms with van der Waals surface area (Å²) in [6.45, 7) is 6.05. The number of rotatable bonds is 3. The summed E-state index contributed by atoms with van der Waals surface area (Å²) in [5.74, 6) is 2.22. The highest BCUT2D eigenvalue weighted by molar-refractivity contribution is 6.37. The molecule has 6 nitrogen and oxygen atoms in total. The molecule has 0 aromatic carbocycles. The third-order valence-electron chi connectivity index (χ3n) is 9.36. The fraction of sp³-hybridized carbons (Fsp3) is 0.913. The van der Waals surface area contributed by atoms with Crippen LogP contribution in [-0.2, 0) is 9.53 Å². The molecule has 0 aliphatic heterocycles. The Labute approximate surface area is 173 Å². The van der Waals surface area contributed by atoms with Gasteiger partial charge in [-0.3, -0.25) is 0 Å². The Bertz CT molecular complexity index is 730. The van der Waals surface area contributed by atoms with Crippen LogP contribution in [0.2, 0.25) is 0 Å². The largest absolute Gasteiger partial charge is 0.457 e. The van der Waals surface area contributed by atoms with Crippen LogP contribution in [0.1, 0.15) is 78.6 Å². The maximum Gasteiger partial charge on any atom is 0.456 e. The van der Waals surface area contributed by atoms with E-state index in [0.29, 0.717) is 36.0 Å². The summed E-state index contributed by atoms with van der Waals surface area (Å²) >= 11 is 0. The predicted octanol–water partition coefficient (Wildman–Crippen LogP) is 3.36. The first-order chi connectivity index (χ1) is 13.7. The van der Waals surface area contributed by atoms with Gasteiger partial charge < -0.3 is 14.9 Å². The van der Waals surface area contributed by atoms with Gasteiger partial charge in [-0.15, -0.1) is 0 Å². The molecule has 4 saturated carbocycles. The number of esters is 1. The minimum absolute atomic E-state index is 0.106. The van der Waals surface area contributed by atoms with Crippen LogP contribution in [0.4, 0.5) is 0 Å². The fourth-order valence-corrected chi connectivity index (χ4v) is 7.99. The van der Waals surface area contributed by atoms with E-state index >= 15 is 0 Å². The zero-order valence-electron chi connectivity index (χ0n) is 18.1. The molecule has 0 aromatic rings. The molecule has 4 rings (SSSR count). The Morgan fingerprint density at radius 1 is 1.03 bits per heavy atom. The minimum Gasteiger partial charge on any atom is -0.457 e. The summed E-state index contributed by atoms with van der Waals surface area (Å²) < 4.78 is 5.12. The quantitative estimate of drug-likeness (QED) is 0.290. The Morgan fingerprint density at radius 3 is 2.45 bits per heavy atom. The Morgan fingerprint density at radius 2 is 1.76 bits per heavy atom. The summed E-state index contributed by atoms with van der Waals surface area (Å²) in [5, 5.41) is 22.3. The number of ether oxygens (including phenoxy) is 1. The van der Waals surface area contributed by atoms with Crippen LogP contribution in [0.5, 0.6) is 0 Å². The summed E-state index contributed by atoms with van der Waals surface area (Å²) in [4.78, 5) is 16.0. The van der Waals surface area contributed by atoms with Crippen molar-refractivity contribution in [2.24, 2.45) is 35.0 Å². The lowest BCUT2D eigenvalue weighted by atomic mass is 9.48. The lowest BCUT2D eigenvalue weighted by molar-refractivity contribution is -0.176. The average Bonchev–Trinajstić information content (AvgIpc) is 2.93. The second-order valence-electron chi connectivity index (χ2n) is 10.7. The van der Waals surface area contributed by atoms with Gasteiger partial charge in [0, 0.05) is 5.41 Å². The van der Waals surface area contributed by atoms with Gasteiger partial charge >= 0.3 is 11.7 Å². The van der Waals surface area contributed by atoms with Crippen molar-refractivity contribution < 1.29 is 24.5 Å². The first kappa shape index (κ1) is 21.0. The molecule has 4 aliphatic rings. The van der Waals surface area contributed by atoms with E-state index in [9.17, 15) is 15.0 Å². The molecule has 0 saturated heterocycles. The number of hydrogen-bond acceptors (Lipinski definition) is 5. The van der Waals surface area contributed by atoms with Crippen LogP contribution in [0.3, 0.4) is 0 Å². The molecule has 0 aromatic heterocycles. The van der Waals surface area contributed by atoms with Gasteiger partial charge in [0.25, 0.3) is 0 Å². The molecule has 4 aliphatic carbocycles. The molecule has 1 unspecified atom stereocenters. The number of carbonyl (C=O) groups excluding carboxylic acids is 1. The van der Waals surface area contributed by atoms with Gasteiger partial charge in [0.2, 0.25) is 0 Å². The molecule has 0 spiro atoms. The van der Waals surface area contributed by atoms with E-state index in [-0.39, 0.29) is 12.3 Å². The van der Waals surface area contributed by atoms with Gasteiger partial charge in [-0.1, -0.05) is 6.92 Å². The number of nitrogens with zero attached hydrogens (tertiary/aromatic N) is 1. The number of fused-ring (bicyclic) bond motifs is 5. The number of aliphatic hydroxyl groups is 2. The third kappa shape index (κ3) is 3.10. The lowest BCUT2D eigenvalue weighted by Crippen LogP contribution is -2.59. The highest BCUT2D eigenvalue weighted by Crippen LogP contribution is 2.65. The van der Waals surface area contributed by atoms with Crippen molar-refractivity contribution >= 4 is 11.7 Å². The molecule has 6 heteroatoms. The number of carbonyl (C=O) groups is 1. The zero-order chi connectivity index (χ0) is 21.0. The topological polar surface area (TPSA) is 105 Å². The van der Waals surface area contributed by atoms with Crippen molar-refractivity contribution in [2.45, 2.75) is 89.8 Å². The molecule has 0 amide bonds. The smallest absolute Gasteiger partial charge is 0.456 e. The first-order valence-electron chi connectivity index (χ1n) is 11.5. The highest BCUT2D eigenvalue weighted by atomic mass is 16.5. The van der Waals surface area contributed by atoms with Gasteiger partial charge in [0.15, 0.2) is 5.60 Å². The number of hydrogen-bond donors (Lipinski definition) is 3. The average molecular weight is 406 g/mol. The molecule has 0 bridgehead atoms. The van der Waals surface area contributed by atoms with Gasteiger partial charge in [-0.2, -0.15) is 0 Å². The fourth-order valence-electron chi connectivity index (χ4n) is 7.99. The van der Waals surface area contributed by atoms with Crippen LogP contribution in [0.25, 0.3) is 0 Å². The molecule has 3 N–H and O–H groups in total. The predicted molar refractivity (Wildman–Crippen MR) is 107 cm³/mol. The molecular formula is C23H37N2O4+. The van der Waals surface area contributed by atoms with Crippen molar-refractivity contribution in [1.82, 2.24) is 0 Å². The second-order valence-corrected chi connectivity index (χ2v) is 10.7. The SMILES string of the molecule is CCOC(=O)C(=[N+]=N)C1(O)CC[C@H]2[C@@H]3CC[C@@H]4C[C@](C)(O)CC[C@@H]4[C@H]3CC[C@@]21C. The molecule has 8 atom stereocenters. The third-order valence-corrected chi connectivity index (χ3v) is 9.36. The Kier molecular flexibility index (Phi) is 5.20. The first-order valence-corrected chi connectivity index (χ1v) is 11.5. The highest BCUT2D eigenvalue weighted by Gasteiger charge is 2.69. The maximum atomic E-state index is 12.5. The van der Waals surface area contributed by atoms with Gasteiger partial charge in [0.1, 0.15) is 0 Å². The van der Waals surface area contributed by atoms with Crippen LogP contribution in [-0.4, -0.2) is 44.5 Å². The van der Waals surface area contributed by atoms with Crippen molar-refractivity contribution in [3.63, 3.8) is 0 Å². The summed E-state index contributed by atoms with van der Waals surface area (Å²) in [7, 11) is 0. The molecule has 162 valence electrons. The lowest BCUT2D eigenvalue weighted by Gasteiger charge is -2.57. The van der Waals surface area contributed by atoms with Gasteiger partial charge in [-0.25, -0.2) is 4.79 Å².